The summed E-state index contributed by atoms with van der Waals surface area (Å²) < 4.78 is 50.4. The van der Waals surface area contributed by atoms with E-state index in [-0.39, 0.29) is 30.0 Å². The predicted octanol–water partition coefficient (Wildman–Crippen LogP) is 3.10. The lowest BCUT2D eigenvalue weighted by atomic mass is 10.3. The molecule has 1 heterocycles. The van der Waals surface area contributed by atoms with Crippen molar-refractivity contribution in [1.29, 1.82) is 0 Å². The number of halogens is 1. The Morgan fingerprint density at radius 1 is 1.15 bits per heavy atom. The van der Waals surface area contributed by atoms with Crippen molar-refractivity contribution in [2.75, 3.05) is 19.5 Å². The van der Waals surface area contributed by atoms with Crippen LogP contribution < -0.4 is 9.54 Å². The minimum absolute atomic E-state index is 0.00110. The van der Waals surface area contributed by atoms with Crippen LogP contribution in [-0.4, -0.2) is 44.3 Å². The highest BCUT2D eigenvalue weighted by Gasteiger charge is 2.16. The van der Waals surface area contributed by atoms with Crippen LogP contribution >= 0.6 is 11.3 Å². The van der Waals surface area contributed by atoms with Crippen molar-refractivity contribution in [3.05, 3.63) is 53.1 Å². The summed E-state index contributed by atoms with van der Waals surface area (Å²) in [5.74, 6) is -1.16. The Bertz CT molecular complexity index is 1330. The van der Waals surface area contributed by atoms with Crippen LogP contribution in [0.3, 0.4) is 0 Å². The van der Waals surface area contributed by atoms with Gasteiger partial charge < -0.3 is 14.0 Å². The number of benzene rings is 2. The number of ether oxygens (including phenoxy) is 2. The Hall–Kier alpha value is -3.05. The summed E-state index contributed by atoms with van der Waals surface area (Å²) in [4.78, 5) is 28.8. The third-order valence-electron chi connectivity index (χ3n) is 4.68. The summed E-state index contributed by atoms with van der Waals surface area (Å²) in [6.07, 6.45) is -0.0461. The quantitative estimate of drug-likeness (QED) is 0.335. The number of rotatable bonds is 9. The van der Waals surface area contributed by atoms with Crippen LogP contribution in [0.5, 0.6) is 5.75 Å². The Labute approximate surface area is 194 Å². The van der Waals surface area contributed by atoms with Crippen LogP contribution in [0.2, 0.25) is 0 Å². The number of methoxy groups -OCH3 is 1. The van der Waals surface area contributed by atoms with E-state index in [0.717, 1.165) is 16.8 Å². The third-order valence-corrected chi connectivity index (χ3v) is 7.53. The van der Waals surface area contributed by atoms with Crippen molar-refractivity contribution in [2.45, 2.75) is 31.2 Å². The maximum absolute atomic E-state index is 13.0. The molecule has 0 spiro atoms. The van der Waals surface area contributed by atoms with Crippen LogP contribution in [0.15, 0.2) is 52.4 Å². The maximum Gasteiger partial charge on any atom is 0.325 e. The van der Waals surface area contributed by atoms with Gasteiger partial charge in [0.05, 0.1) is 34.6 Å². The minimum Gasteiger partial charge on any atom is -0.494 e. The molecule has 0 aliphatic heterocycles. The summed E-state index contributed by atoms with van der Waals surface area (Å²) in [7, 11) is -2.37. The Kier molecular flexibility index (Phi) is 7.98. The zero-order valence-corrected chi connectivity index (χ0v) is 19.7. The Morgan fingerprint density at radius 3 is 2.55 bits per heavy atom. The highest BCUT2D eigenvalue weighted by molar-refractivity contribution is 7.91. The Morgan fingerprint density at radius 2 is 1.88 bits per heavy atom. The van der Waals surface area contributed by atoms with Gasteiger partial charge in [-0.05, 0) is 55.8 Å². The van der Waals surface area contributed by atoms with Gasteiger partial charge in [-0.25, -0.2) is 12.8 Å². The van der Waals surface area contributed by atoms with E-state index in [0.29, 0.717) is 22.7 Å². The molecule has 0 fully saturated rings. The highest BCUT2D eigenvalue weighted by atomic mass is 32.2. The van der Waals surface area contributed by atoms with Crippen molar-refractivity contribution >= 4 is 43.3 Å². The van der Waals surface area contributed by atoms with Gasteiger partial charge in [0.25, 0.3) is 0 Å². The van der Waals surface area contributed by atoms with Gasteiger partial charge in [0.15, 0.2) is 14.6 Å². The third kappa shape index (κ3) is 6.26. The molecule has 3 rings (SSSR count). The summed E-state index contributed by atoms with van der Waals surface area (Å²) in [6, 6.07) is 9.88. The van der Waals surface area contributed by atoms with E-state index in [1.807, 2.05) is 6.92 Å². The van der Waals surface area contributed by atoms with E-state index < -0.39 is 27.5 Å². The van der Waals surface area contributed by atoms with Crippen LogP contribution in [0.4, 0.5) is 4.39 Å². The zero-order valence-electron chi connectivity index (χ0n) is 18.1. The van der Waals surface area contributed by atoms with E-state index in [4.69, 9.17) is 9.47 Å². The normalized spacial score (nSPS) is 12.2. The molecule has 0 saturated heterocycles. The number of nitrogens with zero attached hydrogens (tertiary/aromatic N) is 2. The first-order valence-corrected chi connectivity index (χ1v) is 12.6. The first-order valence-electron chi connectivity index (χ1n) is 10.1. The van der Waals surface area contributed by atoms with Crippen LogP contribution in [-0.2, 0) is 30.7 Å². The minimum atomic E-state index is -3.64. The molecule has 1 aromatic heterocycles. The fourth-order valence-electron chi connectivity index (χ4n) is 3.08. The van der Waals surface area contributed by atoms with Gasteiger partial charge in [0, 0.05) is 6.42 Å². The molecular formula is C22H23FN2O6S2. The number of carbonyl (C=O) groups is 2. The number of amides is 1. The first kappa shape index (κ1) is 24.6. The first-order chi connectivity index (χ1) is 15.7. The van der Waals surface area contributed by atoms with Crippen molar-refractivity contribution < 1.29 is 31.9 Å². The molecule has 2 aromatic carbocycles. The molecule has 33 heavy (non-hydrogen) atoms. The summed E-state index contributed by atoms with van der Waals surface area (Å²) >= 11 is 1.22. The molecule has 0 bridgehead atoms. The number of hydrogen-bond donors (Lipinski definition) is 0. The molecular weight excluding hydrogens is 471 g/mol. The van der Waals surface area contributed by atoms with E-state index in [1.165, 1.54) is 30.6 Å². The fraction of sp³-hybridized carbons (Fsp3) is 0.318. The van der Waals surface area contributed by atoms with Crippen LogP contribution in [0, 0.1) is 5.82 Å². The molecule has 3 aromatic rings. The molecule has 1 amide bonds. The van der Waals surface area contributed by atoms with Crippen molar-refractivity contribution in [3.63, 3.8) is 0 Å². The molecule has 176 valence electrons. The van der Waals surface area contributed by atoms with E-state index in [9.17, 15) is 22.4 Å². The molecule has 0 aliphatic rings. The van der Waals surface area contributed by atoms with Gasteiger partial charge >= 0.3 is 5.97 Å². The standard InChI is InChI=1S/C22H23FN2O6S2/c1-3-31-16-8-11-18-19(13-16)32-22(25(18)14-21(27)30-2)24-20(26)5-4-12-33(28,29)17-9-6-15(23)7-10-17/h6-11,13H,3-5,12,14H2,1-2H3. The van der Waals surface area contributed by atoms with Crippen molar-refractivity contribution in [2.24, 2.45) is 4.99 Å². The van der Waals surface area contributed by atoms with Gasteiger partial charge in [-0.1, -0.05) is 11.3 Å². The molecule has 0 atom stereocenters. The number of carbonyl (C=O) groups excluding carboxylic acids is 2. The molecule has 11 heteroatoms. The fourth-order valence-corrected chi connectivity index (χ4v) is 5.46. The van der Waals surface area contributed by atoms with Gasteiger partial charge in [0.2, 0.25) is 5.91 Å². The number of esters is 1. The lowest BCUT2D eigenvalue weighted by Crippen LogP contribution is -2.22. The molecule has 0 saturated carbocycles. The van der Waals surface area contributed by atoms with Crippen molar-refractivity contribution in [3.8, 4) is 5.75 Å². The summed E-state index contributed by atoms with van der Waals surface area (Å²) in [5, 5.41) is 0. The summed E-state index contributed by atoms with van der Waals surface area (Å²) in [5.41, 5.74) is 0.694. The molecule has 0 N–H and O–H groups in total. The monoisotopic (exact) mass is 494 g/mol. The smallest absolute Gasteiger partial charge is 0.325 e. The van der Waals surface area contributed by atoms with Gasteiger partial charge in [-0.2, -0.15) is 4.99 Å². The second-order valence-corrected chi connectivity index (χ2v) is 10.1. The highest BCUT2D eigenvalue weighted by Crippen LogP contribution is 2.23. The van der Waals surface area contributed by atoms with Gasteiger partial charge in [-0.15, -0.1) is 0 Å². The number of fused-ring (bicyclic) bond motifs is 1. The average molecular weight is 495 g/mol. The zero-order chi connectivity index (χ0) is 24.0. The van der Waals surface area contributed by atoms with Gasteiger partial charge in [-0.3, -0.25) is 9.59 Å². The summed E-state index contributed by atoms with van der Waals surface area (Å²) in [6.45, 7) is 2.23. The lowest BCUT2D eigenvalue weighted by molar-refractivity contribution is -0.141. The van der Waals surface area contributed by atoms with E-state index in [1.54, 1.807) is 22.8 Å². The Balaban J connectivity index is 1.80. The second-order valence-electron chi connectivity index (χ2n) is 6.99. The second kappa shape index (κ2) is 10.7. The molecule has 0 radical (unpaired) electrons. The van der Waals surface area contributed by atoms with Gasteiger partial charge in [0.1, 0.15) is 18.1 Å². The van der Waals surface area contributed by atoms with Crippen LogP contribution in [0.25, 0.3) is 10.2 Å². The SMILES string of the molecule is CCOc1ccc2c(c1)sc(=NC(=O)CCCS(=O)(=O)c1ccc(F)cc1)n2CC(=O)OC. The molecule has 0 aliphatic carbocycles. The maximum atomic E-state index is 13.0. The number of aromatic nitrogens is 1. The van der Waals surface area contributed by atoms with E-state index in [2.05, 4.69) is 4.99 Å². The number of hydrogen-bond acceptors (Lipinski definition) is 7. The molecule has 8 nitrogen and oxygen atoms in total. The predicted molar refractivity (Wildman–Crippen MR) is 121 cm³/mol. The van der Waals surface area contributed by atoms with E-state index >= 15 is 0 Å². The van der Waals surface area contributed by atoms with Crippen molar-refractivity contribution in [1.82, 2.24) is 4.57 Å². The average Bonchev–Trinajstić information content (AvgIpc) is 3.10. The lowest BCUT2D eigenvalue weighted by Gasteiger charge is -2.05. The number of thiazole rings is 1. The molecule has 0 unspecified atom stereocenters. The largest absolute Gasteiger partial charge is 0.494 e. The topological polar surface area (TPSA) is 104 Å². The number of sulfone groups is 1. The van der Waals surface area contributed by atoms with Crippen LogP contribution in [0.1, 0.15) is 19.8 Å².